The summed E-state index contributed by atoms with van der Waals surface area (Å²) in [5.74, 6) is 0. The molecule has 0 bridgehead atoms. The van der Waals surface area contributed by atoms with Gasteiger partial charge in [0.2, 0.25) is 0 Å². The Bertz CT molecular complexity index is 168. The molecule has 0 unspecified atom stereocenters. The molecule has 0 radical (unpaired) electrons. The molecule has 0 rings (SSSR count). The van der Waals surface area contributed by atoms with E-state index in [1.54, 1.807) is 0 Å². The highest BCUT2D eigenvalue weighted by Crippen LogP contribution is 2.24. The van der Waals surface area contributed by atoms with Crippen LogP contribution in [-0.2, 0) is 9.13 Å². The molecule has 0 spiro atoms. The summed E-state index contributed by atoms with van der Waals surface area (Å²) in [7, 11) is -3.46. The second-order valence-corrected chi connectivity index (χ2v) is 2.91. The van der Waals surface area contributed by atoms with Crippen molar-refractivity contribution >= 4 is 7.68 Å². The molecule has 0 aromatic heterocycles. The maximum absolute atomic E-state index is 9.97. The third-order valence-electron chi connectivity index (χ3n) is 0.963. The molecule has 0 saturated heterocycles. The van der Waals surface area contributed by atoms with Crippen LogP contribution in [0.4, 0.5) is 0 Å². The summed E-state index contributed by atoms with van der Waals surface area (Å²) in [6.07, 6.45) is 0. The SMILES string of the molecule is N[C@@H](CO)C(O)(O)P(=O)=O. The number of nitrogens with two attached hydrogens (primary N) is 1. The maximum atomic E-state index is 9.97. The number of aliphatic hydroxyl groups excluding tert-OH is 1. The second-order valence-electron chi connectivity index (χ2n) is 1.73. The molecule has 0 aliphatic carbocycles. The van der Waals surface area contributed by atoms with Gasteiger partial charge in [0, 0.05) is 0 Å². The Hall–Kier alpha value is -0.260. The fraction of sp³-hybridized carbons (Fsp3) is 1.00. The van der Waals surface area contributed by atoms with Gasteiger partial charge in [-0.1, -0.05) is 0 Å². The van der Waals surface area contributed by atoms with E-state index in [2.05, 4.69) is 0 Å². The van der Waals surface area contributed by atoms with Crippen LogP contribution in [0.25, 0.3) is 0 Å². The zero-order chi connectivity index (χ0) is 8.36. The number of hydrogen-bond acceptors (Lipinski definition) is 6. The van der Waals surface area contributed by atoms with Crippen molar-refractivity contribution in [3.8, 4) is 0 Å². The topological polar surface area (TPSA) is 121 Å². The quantitative estimate of drug-likeness (QED) is 0.289. The average molecular weight is 169 g/mol. The van der Waals surface area contributed by atoms with Crippen LogP contribution in [0.5, 0.6) is 0 Å². The minimum absolute atomic E-state index is 0.809. The zero-order valence-corrected chi connectivity index (χ0v) is 5.86. The van der Waals surface area contributed by atoms with E-state index >= 15 is 0 Å². The maximum Gasteiger partial charge on any atom is 0.378 e. The summed E-state index contributed by atoms with van der Waals surface area (Å²) < 4.78 is 19.9. The van der Waals surface area contributed by atoms with Crippen LogP contribution in [0.3, 0.4) is 0 Å². The molecule has 1 atom stereocenters. The fourth-order valence-corrected chi connectivity index (χ4v) is 0.610. The monoisotopic (exact) mass is 169 g/mol. The molecule has 0 fully saturated rings. The first-order valence-corrected chi connectivity index (χ1v) is 3.56. The largest absolute Gasteiger partial charge is 0.395 e. The lowest BCUT2D eigenvalue weighted by molar-refractivity contribution is -0.112. The lowest BCUT2D eigenvalue weighted by atomic mass is 10.3. The summed E-state index contributed by atoms with van der Waals surface area (Å²) in [6.45, 7) is -0.809. The molecule has 60 valence electrons. The average Bonchev–Trinajstić information content (AvgIpc) is 1.86. The molecular weight excluding hydrogens is 161 g/mol. The Labute approximate surface area is 57.1 Å². The third-order valence-corrected chi connectivity index (χ3v) is 1.83. The van der Waals surface area contributed by atoms with E-state index in [9.17, 15) is 9.13 Å². The lowest BCUT2D eigenvalue weighted by Crippen LogP contribution is -2.46. The first kappa shape index (κ1) is 9.74. The van der Waals surface area contributed by atoms with E-state index < -0.39 is 25.9 Å². The van der Waals surface area contributed by atoms with Crippen LogP contribution in [0.15, 0.2) is 0 Å². The van der Waals surface area contributed by atoms with E-state index in [1.165, 1.54) is 0 Å². The van der Waals surface area contributed by atoms with Crippen molar-refractivity contribution in [2.24, 2.45) is 5.73 Å². The first-order valence-electron chi connectivity index (χ1n) is 2.38. The predicted molar refractivity (Wildman–Crippen MR) is 30.5 cm³/mol. The zero-order valence-electron chi connectivity index (χ0n) is 4.97. The summed E-state index contributed by atoms with van der Waals surface area (Å²) in [4.78, 5) is 0. The van der Waals surface area contributed by atoms with Crippen molar-refractivity contribution in [1.29, 1.82) is 0 Å². The van der Waals surface area contributed by atoms with Crippen LogP contribution in [0, 0.1) is 0 Å². The van der Waals surface area contributed by atoms with Crippen LogP contribution in [-0.4, -0.2) is 33.5 Å². The van der Waals surface area contributed by atoms with Crippen molar-refractivity contribution in [3.05, 3.63) is 0 Å². The van der Waals surface area contributed by atoms with Gasteiger partial charge in [0.15, 0.2) is 0 Å². The van der Waals surface area contributed by atoms with Crippen LogP contribution < -0.4 is 5.73 Å². The van der Waals surface area contributed by atoms with Gasteiger partial charge in [-0.3, -0.25) is 0 Å². The van der Waals surface area contributed by atoms with Crippen molar-refractivity contribution in [1.82, 2.24) is 0 Å². The van der Waals surface area contributed by atoms with E-state index in [0.717, 1.165) is 0 Å². The van der Waals surface area contributed by atoms with Crippen LogP contribution in [0.2, 0.25) is 0 Å². The van der Waals surface area contributed by atoms with Crippen molar-refractivity contribution in [3.63, 3.8) is 0 Å². The van der Waals surface area contributed by atoms with Crippen molar-refractivity contribution in [2.45, 2.75) is 11.6 Å². The molecule has 0 aliphatic rings. The Morgan fingerprint density at radius 3 is 2.00 bits per heavy atom. The molecule has 0 amide bonds. The molecule has 6 nitrogen and oxygen atoms in total. The highest BCUT2D eigenvalue weighted by atomic mass is 31.1. The van der Waals surface area contributed by atoms with Gasteiger partial charge in [0.1, 0.15) is 0 Å². The lowest BCUT2D eigenvalue weighted by Gasteiger charge is -2.17. The van der Waals surface area contributed by atoms with E-state index in [4.69, 9.17) is 21.1 Å². The highest BCUT2D eigenvalue weighted by Gasteiger charge is 2.37. The molecule has 0 heterocycles. The third kappa shape index (κ3) is 1.86. The first-order chi connectivity index (χ1) is 4.42. The Kier molecular flexibility index (Phi) is 3.14. The molecule has 0 saturated carbocycles. The van der Waals surface area contributed by atoms with E-state index in [-0.39, 0.29) is 0 Å². The van der Waals surface area contributed by atoms with Crippen LogP contribution >= 0.6 is 7.68 Å². The van der Waals surface area contributed by atoms with Crippen LogP contribution in [0.1, 0.15) is 0 Å². The Morgan fingerprint density at radius 1 is 1.50 bits per heavy atom. The predicted octanol–water partition coefficient (Wildman–Crippen LogP) is -1.88. The highest BCUT2D eigenvalue weighted by molar-refractivity contribution is 7.32. The molecular formula is C3H8NO5P. The van der Waals surface area contributed by atoms with Gasteiger partial charge in [0.05, 0.1) is 12.6 Å². The summed E-state index contributed by atoms with van der Waals surface area (Å²) in [5.41, 5.74) is 1.81. The van der Waals surface area contributed by atoms with Gasteiger partial charge in [-0.25, -0.2) is 9.13 Å². The molecule has 0 aromatic rings. The minimum atomic E-state index is -3.46. The molecule has 10 heavy (non-hydrogen) atoms. The molecule has 7 heteroatoms. The molecule has 0 aliphatic heterocycles. The fourth-order valence-electron chi connectivity index (χ4n) is 0.258. The van der Waals surface area contributed by atoms with E-state index in [1.807, 2.05) is 0 Å². The van der Waals surface area contributed by atoms with Crippen molar-refractivity contribution < 1.29 is 24.4 Å². The normalized spacial score (nSPS) is 14.8. The van der Waals surface area contributed by atoms with E-state index in [0.29, 0.717) is 0 Å². The van der Waals surface area contributed by atoms with Gasteiger partial charge in [-0.15, -0.1) is 0 Å². The second kappa shape index (κ2) is 3.23. The Morgan fingerprint density at radius 2 is 1.90 bits per heavy atom. The number of hydrogen-bond donors (Lipinski definition) is 4. The van der Waals surface area contributed by atoms with Crippen molar-refractivity contribution in [2.75, 3.05) is 6.61 Å². The smallest absolute Gasteiger partial charge is 0.378 e. The van der Waals surface area contributed by atoms with Gasteiger partial charge < -0.3 is 21.1 Å². The van der Waals surface area contributed by atoms with Gasteiger partial charge in [0.25, 0.3) is 5.53 Å². The number of aliphatic hydroxyl groups is 3. The minimum Gasteiger partial charge on any atom is -0.395 e. The summed E-state index contributed by atoms with van der Waals surface area (Å²) >= 11 is 0. The molecule has 0 aromatic carbocycles. The Balaban J connectivity index is 4.39. The van der Waals surface area contributed by atoms with Gasteiger partial charge >= 0.3 is 7.68 Å². The van der Waals surface area contributed by atoms with Gasteiger partial charge in [-0.05, 0) is 0 Å². The van der Waals surface area contributed by atoms with Gasteiger partial charge in [-0.2, -0.15) is 0 Å². The summed E-state index contributed by atoms with van der Waals surface area (Å²) in [5, 5.41) is 25.3. The standard InChI is InChI=1S/C3H8NO5P/c4-2(1-5)3(6,7)10(8)9/h2,5-7H,1,4H2/t2-/m0/s1. The number of rotatable bonds is 3. The summed E-state index contributed by atoms with van der Waals surface area (Å²) in [6, 6.07) is -1.59. The molecule has 5 N–H and O–H groups in total.